The van der Waals surface area contributed by atoms with Crippen LogP contribution in [-0.4, -0.2) is 16.1 Å². The maximum Gasteiger partial charge on any atom is 0.275 e. The van der Waals surface area contributed by atoms with E-state index in [4.69, 9.17) is 0 Å². The van der Waals surface area contributed by atoms with Gasteiger partial charge in [-0.05, 0) is 38.1 Å². The average molecular weight is 324 g/mol. The van der Waals surface area contributed by atoms with Crippen LogP contribution in [0, 0.1) is 5.82 Å². The van der Waals surface area contributed by atoms with Crippen LogP contribution in [-0.2, 0) is 12.1 Å². The summed E-state index contributed by atoms with van der Waals surface area (Å²) in [5.74, 6) is 0.748. The van der Waals surface area contributed by atoms with Gasteiger partial charge in [0.15, 0.2) is 5.69 Å². The molecule has 3 rings (SSSR count). The first-order valence-electron chi connectivity index (χ1n) is 7.51. The lowest BCUT2D eigenvalue weighted by molar-refractivity contribution is -0.744. The van der Waals surface area contributed by atoms with Crippen LogP contribution in [0.25, 0.3) is 11.3 Å². The molecule has 1 aromatic carbocycles. The Kier molecular flexibility index (Phi) is 5.26. The molecule has 2 aromatic rings. The molecule has 3 N–H and O–H groups in total. The minimum Gasteiger partial charge on any atom is -0.323 e. The first-order valence-corrected chi connectivity index (χ1v) is 8.29. The number of halogens is 1. The first-order chi connectivity index (χ1) is 10.5. The number of hydrogen-bond acceptors (Lipinski definition) is 3. The van der Waals surface area contributed by atoms with Crippen molar-refractivity contribution >= 4 is 12.0 Å². The quantitative estimate of drug-likeness (QED) is 0.585. The third-order valence-corrected chi connectivity index (χ3v) is 4.28. The fraction of sp³-hybridized carbons (Fsp3) is 0.438. The number of H-pyrrole nitrogens is 1. The fourth-order valence-corrected chi connectivity index (χ4v) is 3.20. The van der Waals surface area contributed by atoms with E-state index in [0.717, 1.165) is 47.2 Å². The van der Waals surface area contributed by atoms with Crippen LogP contribution in [0.4, 0.5) is 4.39 Å². The molecule has 0 amide bonds. The zero-order valence-corrected chi connectivity index (χ0v) is 14.2. The predicted molar refractivity (Wildman–Crippen MR) is 87.2 cm³/mol. The van der Waals surface area contributed by atoms with Gasteiger partial charge in [-0.1, -0.05) is 13.8 Å². The number of hydrogen-bond donors (Lipinski definition) is 3. The molecule has 0 saturated carbocycles. The van der Waals surface area contributed by atoms with Gasteiger partial charge in [0.1, 0.15) is 17.9 Å². The minimum atomic E-state index is -0.266. The highest BCUT2D eigenvalue weighted by Gasteiger charge is 2.39. The molecular weight excluding hydrogens is 301 g/mol. The Morgan fingerprint density at radius 3 is 2.45 bits per heavy atom. The standard InChI is InChI=1S/C14H16FN3OS.C2H6/c1-14(2)13-17-11(9-3-5-10(15)6-4-9)12(20-19)18(13)8-7-16-14;1-2/h3-6,16,19H,7-8H2,1-2H3;1-2H3/p+1. The third-order valence-electron chi connectivity index (χ3n) is 3.69. The number of aromatic amines is 1. The van der Waals surface area contributed by atoms with Gasteiger partial charge < -0.3 is 4.55 Å². The second-order valence-electron chi connectivity index (χ2n) is 5.46. The lowest BCUT2D eigenvalue weighted by Crippen LogP contribution is -2.57. The van der Waals surface area contributed by atoms with Crippen LogP contribution >= 0.6 is 12.0 Å². The van der Waals surface area contributed by atoms with Crippen LogP contribution in [0.5, 0.6) is 0 Å². The molecule has 0 unspecified atom stereocenters. The Balaban J connectivity index is 0.000000847. The van der Waals surface area contributed by atoms with Gasteiger partial charge in [0.05, 0.1) is 12.0 Å². The summed E-state index contributed by atoms with van der Waals surface area (Å²) in [6.07, 6.45) is 0. The molecule has 1 aliphatic heterocycles. The second kappa shape index (κ2) is 6.81. The summed E-state index contributed by atoms with van der Waals surface area (Å²) in [7, 11) is 0. The second-order valence-corrected chi connectivity index (χ2v) is 6.02. The maximum atomic E-state index is 13.1. The van der Waals surface area contributed by atoms with Gasteiger partial charge in [-0.25, -0.2) is 13.9 Å². The molecule has 0 saturated heterocycles. The van der Waals surface area contributed by atoms with Crippen LogP contribution in [0.3, 0.4) is 0 Å². The number of nitrogens with zero attached hydrogens (tertiary/aromatic N) is 1. The monoisotopic (exact) mass is 324 g/mol. The Morgan fingerprint density at radius 1 is 1.23 bits per heavy atom. The highest BCUT2D eigenvalue weighted by Crippen LogP contribution is 2.30. The molecule has 22 heavy (non-hydrogen) atoms. The Hall–Kier alpha value is -1.37. The molecule has 1 aromatic heterocycles. The van der Waals surface area contributed by atoms with Crippen molar-refractivity contribution in [2.75, 3.05) is 6.54 Å². The fourth-order valence-electron chi connectivity index (χ4n) is 2.65. The Bertz CT molecular complexity index is 638. The predicted octanol–water partition coefficient (Wildman–Crippen LogP) is 3.54. The number of nitrogens with one attached hydrogen (secondary N) is 2. The summed E-state index contributed by atoms with van der Waals surface area (Å²) in [5.41, 5.74) is 1.49. The Morgan fingerprint density at radius 2 is 1.86 bits per heavy atom. The topological polar surface area (TPSA) is 51.9 Å². The largest absolute Gasteiger partial charge is 0.323 e. The van der Waals surface area contributed by atoms with Crippen LogP contribution in [0.15, 0.2) is 29.3 Å². The van der Waals surface area contributed by atoms with E-state index in [9.17, 15) is 8.94 Å². The van der Waals surface area contributed by atoms with Crippen LogP contribution in [0.1, 0.15) is 33.5 Å². The van der Waals surface area contributed by atoms with Crippen molar-refractivity contribution in [3.8, 4) is 11.3 Å². The normalized spacial score (nSPS) is 15.7. The molecule has 0 bridgehead atoms. The molecule has 6 heteroatoms. The zero-order valence-electron chi connectivity index (χ0n) is 13.4. The van der Waals surface area contributed by atoms with E-state index >= 15 is 0 Å². The molecule has 0 spiro atoms. The van der Waals surface area contributed by atoms with E-state index in [-0.39, 0.29) is 11.4 Å². The molecule has 0 radical (unpaired) electrons. The summed E-state index contributed by atoms with van der Waals surface area (Å²) in [5, 5.41) is 4.20. The molecular formula is C16H23FN3OS+. The van der Waals surface area contributed by atoms with E-state index < -0.39 is 0 Å². The van der Waals surface area contributed by atoms with E-state index in [1.165, 1.54) is 12.1 Å². The zero-order chi connectivity index (χ0) is 16.3. The van der Waals surface area contributed by atoms with Gasteiger partial charge in [-0.3, -0.25) is 5.32 Å². The van der Waals surface area contributed by atoms with Crippen molar-refractivity contribution in [3.63, 3.8) is 0 Å². The number of aromatic nitrogens is 2. The molecule has 1 aliphatic rings. The van der Waals surface area contributed by atoms with Gasteiger partial charge in [0, 0.05) is 12.1 Å². The Labute approximate surface area is 135 Å². The summed E-state index contributed by atoms with van der Waals surface area (Å²) in [6, 6.07) is 6.28. The number of fused-ring (bicyclic) bond motifs is 1. The van der Waals surface area contributed by atoms with Crippen molar-refractivity contribution in [3.05, 3.63) is 35.9 Å². The van der Waals surface area contributed by atoms with Crippen molar-refractivity contribution in [1.82, 2.24) is 10.3 Å². The first kappa shape index (κ1) is 17.0. The third kappa shape index (κ3) is 3.04. The van der Waals surface area contributed by atoms with Crippen molar-refractivity contribution < 1.29 is 13.5 Å². The number of imidazole rings is 1. The molecule has 0 fully saturated rings. The van der Waals surface area contributed by atoms with Gasteiger partial charge in [-0.2, -0.15) is 0 Å². The summed E-state index contributed by atoms with van der Waals surface area (Å²) in [6.45, 7) is 9.82. The van der Waals surface area contributed by atoms with E-state index in [0.29, 0.717) is 0 Å². The molecule has 0 atom stereocenters. The lowest BCUT2D eigenvalue weighted by Gasteiger charge is -2.26. The summed E-state index contributed by atoms with van der Waals surface area (Å²) < 4.78 is 24.8. The summed E-state index contributed by atoms with van der Waals surface area (Å²) >= 11 is 0.727. The number of rotatable bonds is 2. The number of benzene rings is 1. The van der Waals surface area contributed by atoms with Crippen molar-refractivity contribution in [2.24, 2.45) is 0 Å². The SMILES string of the molecule is CC.CC1(C)NCC[n+]2c1[nH]c(-c1ccc(F)cc1)c2SO. The molecule has 120 valence electrons. The molecule has 4 nitrogen and oxygen atoms in total. The summed E-state index contributed by atoms with van der Waals surface area (Å²) in [4.78, 5) is 3.38. The lowest BCUT2D eigenvalue weighted by atomic mass is 10.0. The maximum absolute atomic E-state index is 13.1. The van der Waals surface area contributed by atoms with Gasteiger partial charge in [0.2, 0.25) is 5.03 Å². The molecule has 2 heterocycles. The smallest absolute Gasteiger partial charge is 0.275 e. The van der Waals surface area contributed by atoms with Gasteiger partial charge in [0.25, 0.3) is 5.82 Å². The minimum absolute atomic E-state index is 0.193. The van der Waals surface area contributed by atoms with E-state index in [1.54, 1.807) is 12.1 Å². The molecule has 0 aliphatic carbocycles. The van der Waals surface area contributed by atoms with Crippen molar-refractivity contribution in [1.29, 1.82) is 0 Å². The van der Waals surface area contributed by atoms with Crippen molar-refractivity contribution in [2.45, 2.75) is 44.8 Å². The van der Waals surface area contributed by atoms with E-state index in [1.807, 2.05) is 13.8 Å². The highest BCUT2D eigenvalue weighted by molar-refractivity contribution is 7.93. The van der Waals surface area contributed by atoms with Gasteiger partial charge >= 0.3 is 0 Å². The van der Waals surface area contributed by atoms with Crippen LogP contribution in [0.2, 0.25) is 0 Å². The average Bonchev–Trinajstić information content (AvgIpc) is 2.90. The van der Waals surface area contributed by atoms with E-state index in [2.05, 4.69) is 28.7 Å². The van der Waals surface area contributed by atoms with Gasteiger partial charge in [-0.15, -0.1) is 0 Å². The highest BCUT2D eigenvalue weighted by atomic mass is 32.2. The van der Waals surface area contributed by atoms with Crippen LogP contribution < -0.4 is 9.88 Å².